The van der Waals surface area contributed by atoms with E-state index in [1.54, 1.807) is 12.1 Å². The Labute approximate surface area is 157 Å². The van der Waals surface area contributed by atoms with Gasteiger partial charge in [-0.05, 0) is 17.9 Å². The summed E-state index contributed by atoms with van der Waals surface area (Å²) in [4.78, 5) is 0.258. The van der Waals surface area contributed by atoms with Crippen molar-refractivity contribution >= 4 is 20.9 Å². The van der Waals surface area contributed by atoms with Crippen molar-refractivity contribution in [3.63, 3.8) is 0 Å². The summed E-state index contributed by atoms with van der Waals surface area (Å²) < 4.78 is 29.8. The number of benzene rings is 2. The summed E-state index contributed by atoms with van der Waals surface area (Å²) in [5, 5.41) is 1.62. The van der Waals surface area contributed by atoms with Crippen molar-refractivity contribution in [2.45, 2.75) is 43.9 Å². The van der Waals surface area contributed by atoms with Crippen LogP contribution in [0.1, 0.15) is 40.5 Å². The molecule has 0 N–H and O–H groups in total. The zero-order valence-corrected chi connectivity index (χ0v) is 16.2. The Morgan fingerprint density at radius 1 is 0.955 bits per heavy atom. The predicted octanol–water partition coefficient (Wildman–Crippen LogP) is 1.63. The molecule has 0 saturated heterocycles. The van der Waals surface area contributed by atoms with Crippen molar-refractivity contribution in [3.05, 3.63) is 42.5 Å². The van der Waals surface area contributed by atoms with Gasteiger partial charge in [0.1, 0.15) is 4.90 Å². The molecule has 5 heteroatoms. The van der Waals surface area contributed by atoms with Crippen LogP contribution < -0.4 is 29.6 Å². The largest absolute Gasteiger partial charge is 1.00 e. The van der Waals surface area contributed by atoms with Crippen molar-refractivity contribution in [1.29, 1.82) is 0 Å². The normalized spacial score (nSPS) is 11.3. The van der Waals surface area contributed by atoms with Crippen LogP contribution in [0.4, 0.5) is 0 Å². The van der Waals surface area contributed by atoms with Gasteiger partial charge in [-0.1, -0.05) is 69.0 Å². The van der Waals surface area contributed by atoms with Gasteiger partial charge in [-0.3, -0.25) is 4.18 Å². The third-order valence-corrected chi connectivity index (χ3v) is 4.88. The van der Waals surface area contributed by atoms with Gasteiger partial charge in [0.15, 0.2) is 0 Å². The Morgan fingerprint density at radius 2 is 1.64 bits per heavy atom. The second kappa shape index (κ2) is 9.68. The van der Waals surface area contributed by atoms with Crippen molar-refractivity contribution < 1.29 is 43.6 Å². The summed E-state index contributed by atoms with van der Waals surface area (Å²) in [6.45, 7) is 2.41. The first-order valence-electron chi connectivity index (χ1n) is 7.52. The molecule has 116 valence electrons. The monoisotopic (exact) mass is 330 g/mol. The maximum Gasteiger partial charge on any atom is 1.00 e. The van der Waals surface area contributed by atoms with Crippen molar-refractivity contribution in [2.24, 2.45) is 0 Å². The predicted molar refractivity (Wildman–Crippen MR) is 87.0 cm³/mol. The molecule has 0 aromatic heterocycles. The molecule has 0 radical (unpaired) electrons. The van der Waals surface area contributed by atoms with E-state index in [-0.39, 0.29) is 42.5 Å². The quantitative estimate of drug-likeness (QED) is 0.420. The van der Waals surface area contributed by atoms with E-state index in [9.17, 15) is 8.42 Å². The van der Waals surface area contributed by atoms with Crippen LogP contribution in [0.5, 0.6) is 0 Å². The topological polar surface area (TPSA) is 43.4 Å². The van der Waals surface area contributed by atoms with Gasteiger partial charge in [0.05, 0.1) is 6.61 Å². The molecule has 0 amide bonds. The van der Waals surface area contributed by atoms with Crippen LogP contribution in [0.15, 0.2) is 47.4 Å². The molecule has 0 spiro atoms. The zero-order valence-electron chi connectivity index (χ0n) is 14.4. The Kier molecular flexibility index (Phi) is 8.65. The third-order valence-electron chi connectivity index (χ3n) is 3.51. The molecule has 0 atom stereocenters. The number of hydrogen-bond donors (Lipinski definition) is 0. The molecule has 2 aromatic carbocycles. The standard InChI is InChI=1S/C17H22O3S.Na.H/c1-2-3-4-5-8-14-20-21(18,19)17-13-9-11-15-10-6-7-12-16(15)17;;/h6-7,9-13H,2-5,8,14H2,1H3;;/q;+1;-1. The van der Waals surface area contributed by atoms with Gasteiger partial charge in [-0.15, -0.1) is 0 Å². The van der Waals surface area contributed by atoms with E-state index in [1.165, 1.54) is 12.8 Å². The molecule has 0 fully saturated rings. The van der Waals surface area contributed by atoms with Gasteiger partial charge in [0, 0.05) is 5.39 Å². The van der Waals surface area contributed by atoms with Gasteiger partial charge in [0.2, 0.25) is 0 Å². The van der Waals surface area contributed by atoms with E-state index >= 15 is 0 Å². The maximum absolute atomic E-state index is 12.3. The first-order chi connectivity index (χ1) is 10.1. The molecule has 0 heterocycles. The summed E-state index contributed by atoms with van der Waals surface area (Å²) in [6.07, 6.45) is 5.29. The minimum Gasteiger partial charge on any atom is -1.00 e. The Hall–Kier alpha value is -0.390. The fourth-order valence-corrected chi connectivity index (χ4v) is 3.52. The molecule has 22 heavy (non-hydrogen) atoms. The first-order valence-corrected chi connectivity index (χ1v) is 8.93. The summed E-state index contributed by atoms with van der Waals surface area (Å²) >= 11 is 0. The SMILES string of the molecule is CCCCCCCOS(=O)(=O)c1cccc2ccccc12.[H-].[Na+]. The van der Waals surface area contributed by atoms with Crippen LogP contribution in [0.3, 0.4) is 0 Å². The van der Waals surface area contributed by atoms with Crippen LogP contribution >= 0.6 is 0 Å². The molecule has 0 bridgehead atoms. The molecule has 0 saturated carbocycles. The fraction of sp³-hybridized carbons (Fsp3) is 0.412. The minimum atomic E-state index is -3.68. The van der Waals surface area contributed by atoms with Gasteiger partial charge in [0.25, 0.3) is 10.1 Å². The fourth-order valence-electron chi connectivity index (χ4n) is 2.35. The molecule has 0 aliphatic rings. The van der Waals surface area contributed by atoms with Crippen molar-refractivity contribution in [3.8, 4) is 0 Å². The van der Waals surface area contributed by atoms with E-state index in [1.807, 2.05) is 30.3 Å². The summed E-state index contributed by atoms with van der Waals surface area (Å²) in [7, 11) is -3.68. The number of unbranched alkanes of at least 4 members (excludes halogenated alkanes) is 4. The van der Waals surface area contributed by atoms with Crippen molar-refractivity contribution in [2.75, 3.05) is 6.61 Å². The minimum absolute atomic E-state index is 0. The molecule has 2 rings (SSSR count). The molecule has 3 nitrogen and oxygen atoms in total. The average Bonchev–Trinajstić information content (AvgIpc) is 2.50. The number of rotatable bonds is 8. The van der Waals surface area contributed by atoms with Crippen LogP contribution in [-0.4, -0.2) is 15.0 Å². The number of hydrogen-bond acceptors (Lipinski definition) is 3. The molecular formula is C17H23NaO3S. The molecule has 0 unspecified atom stereocenters. The maximum atomic E-state index is 12.3. The van der Waals surface area contributed by atoms with Crippen molar-refractivity contribution in [1.82, 2.24) is 0 Å². The second-order valence-electron chi connectivity index (χ2n) is 5.17. The third kappa shape index (κ3) is 5.36. The zero-order chi connectivity index (χ0) is 15.1. The smallest absolute Gasteiger partial charge is 1.00 e. The van der Waals surface area contributed by atoms with E-state index < -0.39 is 10.1 Å². The average molecular weight is 330 g/mol. The van der Waals surface area contributed by atoms with Gasteiger partial charge >= 0.3 is 29.6 Å². The molecule has 2 aromatic rings. The molecular weight excluding hydrogens is 307 g/mol. The van der Waals surface area contributed by atoms with E-state index in [0.717, 1.165) is 24.6 Å². The van der Waals surface area contributed by atoms with Crippen LogP contribution in [0.2, 0.25) is 0 Å². The summed E-state index contributed by atoms with van der Waals surface area (Å²) in [5.41, 5.74) is 0. The van der Waals surface area contributed by atoms with Gasteiger partial charge in [-0.25, -0.2) is 0 Å². The summed E-state index contributed by atoms with van der Waals surface area (Å²) in [5.74, 6) is 0. The van der Waals surface area contributed by atoms with E-state index in [2.05, 4.69) is 6.92 Å². The van der Waals surface area contributed by atoms with Crippen LogP contribution in [0, 0.1) is 0 Å². The molecule has 0 aliphatic carbocycles. The van der Waals surface area contributed by atoms with Crippen LogP contribution in [-0.2, 0) is 14.3 Å². The second-order valence-corrected chi connectivity index (χ2v) is 6.75. The van der Waals surface area contributed by atoms with Crippen LogP contribution in [0.25, 0.3) is 10.8 Å². The molecule has 0 aliphatic heterocycles. The first kappa shape index (κ1) is 19.7. The Morgan fingerprint density at radius 3 is 2.41 bits per heavy atom. The Balaban J connectivity index is 0.00000242. The summed E-state index contributed by atoms with van der Waals surface area (Å²) in [6, 6.07) is 12.7. The van der Waals surface area contributed by atoms with E-state index in [4.69, 9.17) is 4.18 Å². The number of fused-ring (bicyclic) bond motifs is 1. The van der Waals surface area contributed by atoms with Gasteiger partial charge < -0.3 is 1.43 Å². The van der Waals surface area contributed by atoms with E-state index in [0.29, 0.717) is 5.39 Å². The Bertz CT molecular complexity index is 684. The van der Waals surface area contributed by atoms with Gasteiger partial charge in [-0.2, -0.15) is 8.42 Å².